The van der Waals surface area contributed by atoms with Crippen LogP contribution in [0.3, 0.4) is 0 Å². The number of H-pyrrole nitrogens is 1. The summed E-state index contributed by atoms with van der Waals surface area (Å²) in [5.74, 6) is -0.829. The molecule has 1 fully saturated rings. The number of nitrogens with one attached hydrogen (secondary N) is 2. The Hall–Kier alpha value is -2.38. The van der Waals surface area contributed by atoms with Gasteiger partial charge in [0, 0.05) is 55.4 Å². The summed E-state index contributed by atoms with van der Waals surface area (Å²) in [6, 6.07) is 7.06. The number of carboxylic acids is 1. The lowest BCUT2D eigenvalue weighted by molar-refractivity contribution is -0.144. The van der Waals surface area contributed by atoms with Crippen molar-refractivity contribution < 1.29 is 14.7 Å². The molecule has 1 aromatic carbocycles. The lowest BCUT2D eigenvalue weighted by atomic mass is 10.0. The minimum Gasteiger partial charge on any atom is -0.480 e. The fourth-order valence-electron chi connectivity index (χ4n) is 3.44. The molecule has 0 aliphatic carbocycles. The van der Waals surface area contributed by atoms with Gasteiger partial charge in [0.05, 0.1) is 6.54 Å². The van der Waals surface area contributed by atoms with E-state index in [1.54, 1.807) is 6.20 Å². The highest BCUT2D eigenvalue weighted by Crippen LogP contribution is 2.29. The number of likely N-dealkylation sites (N-methyl/N-ethyl adjacent to an activating group) is 1. The van der Waals surface area contributed by atoms with Crippen molar-refractivity contribution in [2.24, 2.45) is 0 Å². The number of aliphatic carboxylic acids is 1. The second-order valence-electron chi connectivity index (χ2n) is 6.30. The SMILES string of the molecule is CCNC(=O)CN1CCN(C(C(=O)O)c2c[nH]c3ccccc23)CC1. The summed E-state index contributed by atoms with van der Waals surface area (Å²) in [6.45, 7) is 5.50. The van der Waals surface area contributed by atoms with Gasteiger partial charge in [0.15, 0.2) is 0 Å². The summed E-state index contributed by atoms with van der Waals surface area (Å²) in [4.78, 5) is 30.9. The van der Waals surface area contributed by atoms with Crippen LogP contribution in [0.4, 0.5) is 0 Å². The third kappa shape index (κ3) is 3.83. The Morgan fingerprint density at radius 1 is 1.24 bits per heavy atom. The van der Waals surface area contributed by atoms with Crippen LogP contribution in [0.2, 0.25) is 0 Å². The molecule has 2 heterocycles. The molecule has 1 aliphatic heterocycles. The Labute approximate surface area is 146 Å². The van der Waals surface area contributed by atoms with Gasteiger partial charge in [0.2, 0.25) is 5.91 Å². The summed E-state index contributed by atoms with van der Waals surface area (Å²) >= 11 is 0. The van der Waals surface area contributed by atoms with Gasteiger partial charge >= 0.3 is 5.97 Å². The molecule has 2 aromatic rings. The van der Waals surface area contributed by atoms with E-state index in [9.17, 15) is 14.7 Å². The molecule has 0 radical (unpaired) electrons. The van der Waals surface area contributed by atoms with Crippen molar-refractivity contribution in [1.82, 2.24) is 20.1 Å². The number of para-hydroxylation sites is 1. The third-order valence-electron chi connectivity index (χ3n) is 4.66. The van der Waals surface area contributed by atoms with Gasteiger partial charge in [-0.3, -0.25) is 19.4 Å². The normalized spacial score (nSPS) is 17.5. The second-order valence-corrected chi connectivity index (χ2v) is 6.30. The van der Waals surface area contributed by atoms with E-state index in [0.29, 0.717) is 39.3 Å². The molecular weight excluding hydrogens is 320 g/mol. The number of carbonyl (C=O) groups is 2. The molecule has 7 nitrogen and oxygen atoms in total. The van der Waals surface area contributed by atoms with Crippen molar-refractivity contribution in [3.05, 3.63) is 36.0 Å². The van der Waals surface area contributed by atoms with E-state index in [-0.39, 0.29) is 5.91 Å². The van der Waals surface area contributed by atoms with Gasteiger partial charge in [-0.15, -0.1) is 0 Å². The van der Waals surface area contributed by atoms with Crippen LogP contribution in [0.15, 0.2) is 30.5 Å². The quantitative estimate of drug-likeness (QED) is 0.729. The predicted molar refractivity (Wildman–Crippen MR) is 95.4 cm³/mol. The molecule has 1 atom stereocenters. The number of amides is 1. The molecule has 0 spiro atoms. The Kier molecular flexibility index (Phi) is 5.35. The van der Waals surface area contributed by atoms with E-state index < -0.39 is 12.0 Å². The molecule has 1 unspecified atom stereocenters. The standard InChI is InChI=1S/C18H24N4O3/c1-2-19-16(23)12-21-7-9-22(10-8-21)17(18(24)25)14-11-20-15-6-4-3-5-13(14)15/h3-6,11,17,20H,2,7-10,12H2,1H3,(H,19,23)(H,24,25). The number of piperazine rings is 1. The lowest BCUT2D eigenvalue weighted by Crippen LogP contribution is -2.51. The fraction of sp³-hybridized carbons (Fsp3) is 0.444. The topological polar surface area (TPSA) is 88.7 Å². The summed E-state index contributed by atoms with van der Waals surface area (Å²) in [5.41, 5.74) is 1.74. The first-order valence-corrected chi connectivity index (χ1v) is 8.62. The maximum absolute atomic E-state index is 12.0. The Morgan fingerprint density at radius 2 is 1.96 bits per heavy atom. The zero-order valence-corrected chi connectivity index (χ0v) is 14.4. The fourth-order valence-corrected chi connectivity index (χ4v) is 3.44. The van der Waals surface area contributed by atoms with E-state index >= 15 is 0 Å². The highest BCUT2D eigenvalue weighted by molar-refractivity contribution is 5.89. The van der Waals surface area contributed by atoms with Crippen LogP contribution in [0.25, 0.3) is 10.9 Å². The maximum atomic E-state index is 12.0. The first-order chi connectivity index (χ1) is 12.1. The van der Waals surface area contributed by atoms with Gasteiger partial charge in [0.25, 0.3) is 0 Å². The molecule has 7 heteroatoms. The molecule has 3 N–H and O–H groups in total. The van der Waals surface area contributed by atoms with E-state index in [0.717, 1.165) is 16.5 Å². The number of benzene rings is 1. The van der Waals surface area contributed by atoms with Crippen LogP contribution in [0.1, 0.15) is 18.5 Å². The van der Waals surface area contributed by atoms with Crippen molar-refractivity contribution in [3.63, 3.8) is 0 Å². The molecular formula is C18H24N4O3. The van der Waals surface area contributed by atoms with Crippen LogP contribution in [0, 0.1) is 0 Å². The first-order valence-electron chi connectivity index (χ1n) is 8.62. The molecule has 134 valence electrons. The number of hydrogen-bond donors (Lipinski definition) is 3. The van der Waals surface area contributed by atoms with E-state index in [1.807, 2.05) is 36.1 Å². The minimum atomic E-state index is -0.845. The van der Waals surface area contributed by atoms with Gasteiger partial charge in [-0.05, 0) is 13.0 Å². The van der Waals surface area contributed by atoms with Gasteiger partial charge in [-0.25, -0.2) is 0 Å². The third-order valence-corrected chi connectivity index (χ3v) is 4.66. The van der Waals surface area contributed by atoms with E-state index in [1.165, 1.54) is 0 Å². The average molecular weight is 344 g/mol. The zero-order chi connectivity index (χ0) is 17.8. The summed E-state index contributed by atoms with van der Waals surface area (Å²) in [6.07, 6.45) is 1.80. The maximum Gasteiger partial charge on any atom is 0.325 e. The van der Waals surface area contributed by atoms with Crippen LogP contribution in [-0.4, -0.2) is 71.0 Å². The Bertz CT molecular complexity index is 750. The minimum absolute atomic E-state index is 0.0161. The van der Waals surface area contributed by atoms with Crippen molar-refractivity contribution >= 4 is 22.8 Å². The van der Waals surface area contributed by atoms with Crippen molar-refractivity contribution in [2.75, 3.05) is 39.3 Å². The number of aromatic nitrogens is 1. The molecule has 25 heavy (non-hydrogen) atoms. The van der Waals surface area contributed by atoms with Crippen molar-refractivity contribution in [1.29, 1.82) is 0 Å². The zero-order valence-electron chi connectivity index (χ0n) is 14.4. The van der Waals surface area contributed by atoms with Crippen molar-refractivity contribution in [3.8, 4) is 0 Å². The molecule has 0 bridgehead atoms. The average Bonchev–Trinajstić information content (AvgIpc) is 3.00. The summed E-state index contributed by atoms with van der Waals surface area (Å²) < 4.78 is 0. The molecule has 1 aromatic heterocycles. The van der Waals surface area contributed by atoms with Gasteiger partial charge < -0.3 is 15.4 Å². The first kappa shape index (κ1) is 17.4. The number of carboxylic acid groups (broad SMARTS) is 1. The highest BCUT2D eigenvalue weighted by atomic mass is 16.4. The van der Waals surface area contributed by atoms with Gasteiger partial charge in [0.1, 0.15) is 6.04 Å². The molecule has 3 rings (SSSR count). The molecule has 1 saturated heterocycles. The number of carbonyl (C=O) groups excluding carboxylic acids is 1. The molecule has 0 saturated carbocycles. The number of aromatic amines is 1. The number of nitrogens with zero attached hydrogens (tertiary/aromatic N) is 2. The van der Waals surface area contributed by atoms with Gasteiger partial charge in [-0.1, -0.05) is 18.2 Å². The lowest BCUT2D eigenvalue weighted by Gasteiger charge is -2.37. The van der Waals surface area contributed by atoms with Crippen LogP contribution >= 0.6 is 0 Å². The smallest absolute Gasteiger partial charge is 0.325 e. The second kappa shape index (κ2) is 7.67. The molecule has 1 aliphatic rings. The monoisotopic (exact) mass is 344 g/mol. The highest BCUT2D eigenvalue weighted by Gasteiger charge is 2.32. The van der Waals surface area contributed by atoms with Crippen molar-refractivity contribution in [2.45, 2.75) is 13.0 Å². The van der Waals surface area contributed by atoms with E-state index in [4.69, 9.17) is 0 Å². The number of hydrogen-bond acceptors (Lipinski definition) is 4. The summed E-state index contributed by atoms with van der Waals surface area (Å²) in [5, 5.41) is 13.5. The van der Waals surface area contributed by atoms with E-state index in [2.05, 4.69) is 15.2 Å². The van der Waals surface area contributed by atoms with Gasteiger partial charge in [-0.2, -0.15) is 0 Å². The summed E-state index contributed by atoms with van der Waals surface area (Å²) in [7, 11) is 0. The Balaban J connectivity index is 1.71. The van der Waals surface area contributed by atoms with Crippen LogP contribution in [-0.2, 0) is 9.59 Å². The predicted octanol–water partition coefficient (Wildman–Crippen LogP) is 1.05. The number of rotatable bonds is 6. The Morgan fingerprint density at radius 3 is 2.64 bits per heavy atom. The van der Waals surface area contributed by atoms with Crippen LogP contribution in [0.5, 0.6) is 0 Å². The molecule has 1 amide bonds. The largest absolute Gasteiger partial charge is 0.480 e. The number of fused-ring (bicyclic) bond motifs is 1. The van der Waals surface area contributed by atoms with Crippen LogP contribution < -0.4 is 5.32 Å².